The van der Waals surface area contributed by atoms with E-state index in [1.54, 1.807) is 11.3 Å². The summed E-state index contributed by atoms with van der Waals surface area (Å²) in [6.45, 7) is 17.0. The summed E-state index contributed by atoms with van der Waals surface area (Å²) in [6, 6.07) is 21.2. The van der Waals surface area contributed by atoms with Gasteiger partial charge in [-0.3, -0.25) is 9.13 Å². The Morgan fingerprint density at radius 1 is 0.708 bits per heavy atom. The summed E-state index contributed by atoms with van der Waals surface area (Å²) in [5, 5.41) is 19.4. The van der Waals surface area contributed by atoms with E-state index in [9.17, 15) is 0 Å². The van der Waals surface area contributed by atoms with Gasteiger partial charge in [0.15, 0.2) is 11.6 Å². The maximum atomic E-state index is 5.92. The lowest BCUT2D eigenvalue weighted by molar-refractivity contribution is 0.104. The minimum absolute atomic E-state index is 0.487. The molecule has 2 aromatic carbocycles. The van der Waals surface area contributed by atoms with E-state index in [-0.39, 0.29) is 0 Å². The van der Waals surface area contributed by atoms with Crippen molar-refractivity contribution in [1.29, 1.82) is 0 Å². The Kier molecular flexibility index (Phi) is 9.24. The van der Waals surface area contributed by atoms with Gasteiger partial charge in [0.25, 0.3) is 0 Å². The molecule has 2 aliphatic heterocycles. The van der Waals surface area contributed by atoms with E-state index < -0.39 is 0 Å². The van der Waals surface area contributed by atoms with Crippen LogP contribution in [0.15, 0.2) is 67.2 Å². The molecule has 0 saturated heterocycles. The van der Waals surface area contributed by atoms with E-state index in [1.165, 1.54) is 53.1 Å². The van der Waals surface area contributed by atoms with Crippen LogP contribution in [0.5, 0.6) is 0 Å². The van der Waals surface area contributed by atoms with E-state index >= 15 is 0 Å². The molecule has 0 radical (unpaired) electrons. The highest BCUT2D eigenvalue weighted by molar-refractivity contribution is 7.16. The predicted octanol–water partition coefficient (Wildman–Crippen LogP) is 8.67. The molecule has 10 heteroatoms. The van der Waals surface area contributed by atoms with Gasteiger partial charge < -0.3 is 9.47 Å². The summed E-state index contributed by atoms with van der Waals surface area (Å²) in [4.78, 5) is 2.68. The van der Waals surface area contributed by atoms with Crippen molar-refractivity contribution in [3.05, 3.63) is 134 Å². The molecule has 0 amide bonds. The molecule has 0 fully saturated rings. The smallest absolute Gasteiger partial charge is 0.164 e. The summed E-state index contributed by atoms with van der Waals surface area (Å²) >= 11 is 3.63. The second kappa shape index (κ2) is 13.7. The van der Waals surface area contributed by atoms with Gasteiger partial charge in [0.05, 0.1) is 13.2 Å². The van der Waals surface area contributed by atoms with Gasteiger partial charge in [-0.2, -0.15) is 0 Å². The molecule has 6 heterocycles. The van der Waals surface area contributed by atoms with Crippen LogP contribution >= 0.6 is 22.7 Å². The van der Waals surface area contributed by atoms with Gasteiger partial charge >= 0.3 is 0 Å². The van der Waals surface area contributed by atoms with Crippen molar-refractivity contribution in [3.63, 3.8) is 0 Å². The Morgan fingerprint density at radius 3 is 1.69 bits per heavy atom. The maximum absolute atomic E-state index is 5.92. The number of benzene rings is 2. The topological polar surface area (TPSA) is 79.9 Å². The van der Waals surface area contributed by atoms with Crippen molar-refractivity contribution < 1.29 is 9.47 Å². The maximum Gasteiger partial charge on any atom is 0.164 e. The van der Waals surface area contributed by atoms with Crippen LogP contribution in [-0.2, 0) is 48.7 Å². The highest BCUT2D eigenvalue weighted by Gasteiger charge is 2.28. The minimum atomic E-state index is 0.487. The number of fused-ring (bicyclic) bond motifs is 6. The zero-order valence-electron chi connectivity index (χ0n) is 28.1. The van der Waals surface area contributed by atoms with Crippen molar-refractivity contribution in [1.82, 2.24) is 29.5 Å². The number of nitrogens with zero attached hydrogens (tertiary/aromatic N) is 6. The summed E-state index contributed by atoms with van der Waals surface area (Å²) in [7, 11) is 0. The van der Waals surface area contributed by atoms with Crippen LogP contribution in [0.4, 0.5) is 0 Å². The molecule has 4 aromatic heterocycles. The number of thiophene rings is 2. The van der Waals surface area contributed by atoms with Crippen LogP contribution in [0, 0.1) is 13.8 Å². The first kappa shape index (κ1) is 32.3. The lowest BCUT2D eigenvalue weighted by Crippen LogP contribution is -2.01. The third kappa shape index (κ3) is 6.21. The summed E-state index contributed by atoms with van der Waals surface area (Å²) < 4.78 is 16.1. The standard InChI is InChI=1S/C19H21N3OS.C19H19N3OS/c2*1-12(2)18-15(9-14-7-5-4-6-8-14)16-10-23-11-17-21-20-13(3)22(17)19(16)24-18/h4-8,12H,9-11H2,1-3H3;4-8H,1,9-11H2,2-3H3. The molecule has 0 bridgehead atoms. The normalized spacial score (nSPS) is 13.5. The van der Waals surface area contributed by atoms with Gasteiger partial charge in [-0.05, 0) is 67.4 Å². The first-order chi connectivity index (χ1) is 23.3. The average molecular weight is 677 g/mol. The van der Waals surface area contributed by atoms with Gasteiger partial charge in [0, 0.05) is 20.9 Å². The average Bonchev–Trinajstić information content (AvgIpc) is 3.76. The third-order valence-electron chi connectivity index (χ3n) is 8.73. The number of rotatable bonds is 6. The molecule has 0 saturated carbocycles. The number of aryl methyl sites for hydroxylation is 2. The zero-order valence-corrected chi connectivity index (χ0v) is 29.7. The Labute approximate surface area is 289 Å². The Bertz CT molecular complexity index is 2070. The molecule has 6 aromatic rings. The van der Waals surface area contributed by atoms with E-state index in [0.717, 1.165) is 41.7 Å². The molecule has 0 spiro atoms. The quantitative estimate of drug-likeness (QED) is 0.176. The molecule has 0 aliphatic carbocycles. The van der Waals surface area contributed by atoms with Gasteiger partial charge in [-0.25, -0.2) is 0 Å². The Hall–Kier alpha value is -4.22. The molecule has 2 aliphatic rings. The molecule has 0 N–H and O–H groups in total. The van der Waals surface area contributed by atoms with Crippen molar-refractivity contribution in [3.8, 4) is 10.0 Å². The first-order valence-corrected chi connectivity index (χ1v) is 17.9. The van der Waals surface area contributed by atoms with Crippen LogP contribution in [0.3, 0.4) is 0 Å². The van der Waals surface area contributed by atoms with Crippen LogP contribution in [0.25, 0.3) is 15.6 Å². The fourth-order valence-corrected chi connectivity index (χ4v) is 9.18. The van der Waals surface area contributed by atoms with Gasteiger partial charge in [-0.1, -0.05) is 81.1 Å². The fourth-order valence-electron chi connectivity index (χ4n) is 6.46. The summed E-state index contributed by atoms with van der Waals surface area (Å²) in [5.74, 6) is 4.08. The Morgan fingerprint density at radius 2 is 1.19 bits per heavy atom. The summed E-state index contributed by atoms with van der Waals surface area (Å²) in [5.41, 5.74) is 8.99. The number of aromatic nitrogens is 6. The van der Waals surface area contributed by atoms with Crippen molar-refractivity contribution in [2.75, 3.05) is 0 Å². The number of hydrogen-bond donors (Lipinski definition) is 0. The zero-order chi connectivity index (χ0) is 33.4. The first-order valence-electron chi connectivity index (χ1n) is 16.3. The molecule has 0 atom stereocenters. The lowest BCUT2D eigenvalue weighted by atomic mass is 9.97. The molecule has 8 nitrogen and oxygen atoms in total. The monoisotopic (exact) mass is 676 g/mol. The lowest BCUT2D eigenvalue weighted by Gasteiger charge is -2.10. The molecule has 48 heavy (non-hydrogen) atoms. The van der Waals surface area contributed by atoms with Gasteiger partial charge in [-0.15, -0.1) is 43.1 Å². The molecule has 8 rings (SSSR count). The minimum Gasteiger partial charge on any atom is -0.369 e. The number of ether oxygens (including phenoxy) is 2. The van der Waals surface area contributed by atoms with Crippen LogP contribution in [0.2, 0.25) is 0 Å². The van der Waals surface area contributed by atoms with Crippen LogP contribution < -0.4 is 0 Å². The molecular formula is C38H40N6O2S2. The van der Waals surface area contributed by atoms with Crippen LogP contribution in [0.1, 0.15) is 93.1 Å². The predicted molar refractivity (Wildman–Crippen MR) is 192 cm³/mol. The Balaban J connectivity index is 0.000000152. The van der Waals surface area contributed by atoms with Crippen molar-refractivity contribution in [2.45, 2.75) is 79.8 Å². The summed E-state index contributed by atoms with van der Waals surface area (Å²) in [6.07, 6.45) is 1.83. The number of hydrogen-bond acceptors (Lipinski definition) is 8. The largest absolute Gasteiger partial charge is 0.369 e. The van der Waals surface area contributed by atoms with Gasteiger partial charge in [0.1, 0.15) is 34.9 Å². The molecule has 0 unspecified atom stereocenters. The van der Waals surface area contributed by atoms with Crippen molar-refractivity contribution >= 4 is 28.2 Å². The highest BCUT2D eigenvalue weighted by atomic mass is 32.1. The van der Waals surface area contributed by atoms with Crippen LogP contribution in [-0.4, -0.2) is 29.5 Å². The SMILES string of the molecule is C=C(C)c1sc2c(c1Cc1ccccc1)COCc1nnc(C)n1-2.Cc1nnc2n1-c1sc(C(C)C)c(Cc3ccccc3)c1COC2. The second-order valence-electron chi connectivity index (χ2n) is 12.7. The van der Waals surface area contributed by atoms with E-state index in [4.69, 9.17) is 9.47 Å². The highest BCUT2D eigenvalue weighted by Crippen LogP contribution is 2.41. The fraction of sp³-hybridized carbons (Fsp3) is 0.316. The third-order valence-corrected chi connectivity index (χ3v) is 11.7. The van der Waals surface area contributed by atoms with E-state index in [0.29, 0.717) is 32.3 Å². The number of allylic oxidation sites excluding steroid dienone is 1. The second-order valence-corrected chi connectivity index (χ2v) is 14.7. The van der Waals surface area contributed by atoms with Crippen molar-refractivity contribution in [2.24, 2.45) is 0 Å². The van der Waals surface area contributed by atoms with E-state index in [1.807, 2.05) is 31.3 Å². The molecular weight excluding hydrogens is 637 g/mol. The van der Waals surface area contributed by atoms with E-state index in [2.05, 4.69) is 111 Å². The van der Waals surface area contributed by atoms with Gasteiger partial charge in [0.2, 0.25) is 0 Å². The molecule has 246 valence electrons.